The quantitative estimate of drug-likeness (QED) is 0.408. The number of nitrogen functional groups attached to an aromatic ring is 1. The zero-order valence-corrected chi connectivity index (χ0v) is 19.8. The highest BCUT2D eigenvalue weighted by Crippen LogP contribution is 2.44. The van der Waals surface area contributed by atoms with Crippen LogP contribution in [0.2, 0.25) is 0 Å². The standard InChI is InChI=1S/C25H26N8O3/c1-14(35)22-23(16-9-17-4-5-18(10-16)32(17)21(36)13-34)30-25-19(12-29-33(25)24(22)26)15-3-6-20(27-11-15)31-8-2-7-28-31/h2-3,6-8,11-12,16-18,34H,4-5,9-10,13,26H2,1H3. The van der Waals surface area contributed by atoms with E-state index in [0.29, 0.717) is 35.6 Å². The maximum atomic E-state index is 12.7. The van der Waals surface area contributed by atoms with Gasteiger partial charge in [-0.15, -0.1) is 0 Å². The normalized spacial score (nSPS) is 21.3. The first-order chi connectivity index (χ1) is 17.5. The molecule has 6 rings (SSSR count). The third kappa shape index (κ3) is 3.46. The number of rotatable bonds is 5. The summed E-state index contributed by atoms with van der Waals surface area (Å²) in [7, 11) is 0. The molecule has 4 aromatic heterocycles. The van der Waals surface area contributed by atoms with E-state index in [9.17, 15) is 14.7 Å². The summed E-state index contributed by atoms with van der Waals surface area (Å²) in [5.41, 5.74) is 9.68. The maximum absolute atomic E-state index is 12.7. The molecule has 1 amide bonds. The minimum Gasteiger partial charge on any atom is -0.387 e. The summed E-state index contributed by atoms with van der Waals surface area (Å²) in [6, 6.07) is 5.67. The first kappa shape index (κ1) is 22.4. The van der Waals surface area contributed by atoms with Crippen molar-refractivity contribution in [1.29, 1.82) is 0 Å². The van der Waals surface area contributed by atoms with E-state index >= 15 is 0 Å². The number of aliphatic hydroxyl groups excluding tert-OH is 1. The number of nitrogens with zero attached hydrogens (tertiary/aromatic N) is 7. The lowest BCUT2D eigenvalue weighted by Gasteiger charge is -2.39. The molecular weight excluding hydrogens is 460 g/mol. The highest BCUT2D eigenvalue weighted by Gasteiger charge is 2.44. The Morgan fingerprint density at radius 1 is 1.14 bits per heavy atom. The molecule has 36 heavy (non-hydrogen) atoms. The van der Waals surface area contributed by atoms with E-state index < -0.39 is 6.61 Å². The van der Waals surface area contributed by atoms with Crippen molar-refractivity contribution in [3.63, 3.8) is 0 Å². The summed E-state index contributed by atoms with van der Waals surface area (Å²) in [6.07, 6.45) is 10.1. The maximum Gasteiger partial charge on any atom is 0.248 e. The number of ketones is 1. The van der Waals surface area contributed by atoms with E-state index in [1.807, 2.05) is 29.3 Å². The molecule has 0 aliphatic carbocycles. The van der Waals surface area contributed by atoms with Gasteiger partial charge in [-0.1, -0.05) is 0 Å². The van der Waals surface area contributed by atoms with Crippen LogP contribution in [0.1, 0.15) is 54.6 Å². The van der Waals surface area contributed by atoms with Crippen molar-refractivity contribution in [3.8, 4) is 16.9 Å². The van der Waals surface area contributed by atoms with Gasteiger partial charge in [-0.2, -0.15) is 14.7 Å². The fourth-order valence-corrected chi connectivity index (χ4v) is 5.87. The first-order valence-electron chi connectivity index (χ1n) is 12.0. The van der Waals surface area contributed by atoms with Gasteiger partial charge in [0.15, 0.2) is 17.2 Å². The van der Waals surface area contributed by atoms with Gasteiger partial charge in [0.25, 0.3) is 0 Å². The Kier molecular flexibility index (Phi) is 5.29. The van der Waals surface area contributed by atoms with Crippen molar-refractivity contribution < 1.29 is 14.7 Å². The SMILES string of the molecule is CC(=O)c1c(C2CC3CCC(C2)N3C(=O)CO)nc2c(-c3ccc(-n4cccn4)nc3)cnn2c1N. The van der Waals surface area contributed by atoms with Gasteiger partial charge in [0.2, 0.25) is 5.91 Å². The van der Waals surface area contributed by atoms with Crippen molar-refractivity contribution in [3.05, 3.63) is 54.2 Å². The molecule has 0 aromatic carbocycles. The molecule has 2 unspecified atom stereocenters. The van der Waals surface area contributed by atoms with Gasteiger partial charge in [0, 0.05) is 47.7 Å². The van der Waals surface area contributed by atoms with E-state index in [1.165, 1.54) is 11.4 Å². The largest absolute Gasteiger partial charge is 0.387 e. The smallest absolute Gasteiger partial charge is 0.248 e. The highest BCUT2D eigenvalue weighted by atomic mass is 16.3. The Bertz CT molecular complexity index is 1450. The Morgan fingerprint density at radius 2 is 1.92 bits per heavy atom. The monoisotopic (exact) mass is 486 g/mol. The van der Waals surface area contributed by atoms with Crippen LogP contribution in [0.5, 0.6) is 0 Å². The minimum absolute atomic E-state index is 0.0240. The Balaban J connectivity index is 1.42. The molecule has 2 aliphatic rings. The molecule has 0 radical (unpaired) electrons. The van der Waals surface area contributed by atoms with Crippen LogP contribution in [-0.4, -0.2) is 69.7 Å². The second-order valence-corrected chi connectivity index (χ2v) is 9.48. The Labute approximate surface area is 206 Å². The second kappa shape index (κ2) is 8.52. The fraction of sp³-hybridized carbons (Fsp3) is 0.360. The number of carbonyl (C=O) groups is 2. The predicted molar refractivity (Wildman–Crippen MR) is 130 cm³/mol. The van der Waals surface area contributed by atoms with Crippen LogP contribution >= 0.6 is 0 Å². The number of fused-ring (bicyclic) bond motifs is 3. The number of aliphatic hydroxyl groups is 1. The van der Waals surface area contributed by atoms with Gasteiger partial charge >= 0.3 is 0 Å². The molecule has 0 saturated carbocycles. The van der Waals surface area contributed by atoms with E-state index in [4.69, 9.17) is 10.7 Å². The molecule has 2 bridgehead atoms. The number of piperidine rings is 1. The van der Waals surface area contributed by atoms with Gasteiger partial charge in [-0.3, -0.25) is 9.59 Å². The molecule has 6 heterocycles. The number of Topliss-reactive ketones (excluding diaryl/α,β-unsaturated/α-hetero) is 1. The van der Waals surface area contributed by atoms with Crippen LogP contribution in [0.4, 0.5) is 5.82 Å². The number of nitrogens with two attached hydrogens (primary N) is 1. The van der Waals surface area contributed by atoms with Gasteiger partial charge < -0.3 is 15.7 Å². The average molecular weight is 487 g/mol. The molecule has 2 saturated heterocycles. The van der Waals surface area contributed by atoms with Crippen LogP contribution in [0.25, 0.3) is 22.6 Å². The van der Waals surface area contributed by atoms with E-state index in [1.54, 1.807) is 23.3 Å². The summed E-state index contributed by atoms with van der Waals surface area (Å²) < 4.78 is 3.19. The molecule has 2 aliphatic heterocycles. The van der Waals surface area contributed by atoms with Crippen molar-refractivity contribution in [2.24, 2.45) is 0 Å². The molecule has 3 N–H and O–H groups in total. The fourth-order valence-electron chi connectivity index (χ4n) is 5.87. The van der Waals surface area contributed by atoms with Crippen molar-refractivity contribution in [2.75, 3.05) is 12.3 Å². The van der Waals surface area contributed by atoms with Crippen molar-refractivity contribution in [2.45, 2.75) is 50.6 Å². The Morgan fingerprint density at radius 3 is 2.53 bits per heavy atom. The number of anilines is 1. The summed E-state index contributed by atoms with van der Waals surface area (Å²) >= 11 is 0. The van der Waals surface area contributed by atoms with Crippen LogP contribution in [-0.2, 0) is 4.79 Å². The summed E-state index contributed by atoms with van der Waals surface area (Å²) in [4.78, 5) is 36.3. The topological polar surface area (TPSA) is 145 Å². The molecule has 11 heteroatoms. The van der Waals surface area contributed by atoms with Crippen LogP contribution in [0.3, 0.4) is 0 Å². The van der Waals surface area contributed by atoms with Crippen molar-refractivity contribution >= 4 is 23.2 Å². The molecule has 11 nitrogen and oxygen atoms in total. The molecule has 4 aromatic rings. The number of hydrogen-bond acceptors (Lipinski definition) is 8. The number of pyridine rings is 1. The number of amides is 1. The molecule has 2 atom stereocenters. The summed E-state index contributed by atoms with van der Waals surface area (Å²) in [5.74, 6) is 0.516. The third-order valence-corrected chi connectivity index (χ3v) is 7.40. The van der Waals surface area contributed by atoms with Gasteiger partial charge in [-0.05, 0) is 50.8 Å². The first-order valence-corrected chi connectivity index (χ1v) is 12.0. The average Bonchev–Trinajstić information content (AvgIpc) is 3.62. The molecule has 2 fully saturated rings. The van der Waals surface area contributed by atoms with E-state index in [0.717, 1.165) is 24.0 Å². The molecular formula is C25H26N8O3. The lowest BCUT2D eigenvalue weighted by Crippen LogP contribution is -2.47. The number of aromatic nitrogens is 6. The zero-order chi connectivity index (χ0) is 25.0. The number of carbonyl (C=O) groups excluding carboxylic acids is 2. The van der Waals surface area contributed by atoms with Gasteiger partial charge in [-0.25, -0.2) is 14.6 Å². The van der Waals surface area contributed by atoms with Gasteiger partial charge in [0.1, 0.15) is 12.4 Å². The van der Waals surface area contributed by atoms with Gasteiger partial charge in [0.05, 0.1) is 17.5 Å². The highest BCUT2D eigenvalue weighted by molar-refractivity contribution is 6.00. The van der Waals surface area contributed by atoms with Crippen molar-refractivity contribution in [1.82, 2.24) is 34.3 Å². The van der Waals surface area contributed by atoms with Crippen LogP contribution in [0.15, 0.2) is 43.0 Å². The lowest BCUT2D eigenvalue weighted by atomic mass is 9.85. The molecule has 0 spiro atoms. The van der Waals surface area contributed by atoms with Crippen LogP contribution in [0, 0.1) is 0 Å². The zero-order valence-electron chi connectivity index (χ0n) is 19.8. The van der Waals surface area contributed by atoms with Crippen LogP contribution < -0.4 is 5.73 Å². The minimum atomic E-state index is -0.486. The predicted octanol–water partition coefficient (Wildman–Crippen LogP) is 1.99. The van der Waals surface area contributed by atoms with E-state index in [2.05, 4.69) is 15.2 Å². The third-order valence-electron chi connectivity index (χ3n) is 7.40. The Hall–Kier alpha value is -4.12. The lowest BCUT2D eigenvalue weighted by molar-refractivity contribution is -0.138. The molecule has 184 valence electrons. The number of hydrogen-bond donors (Lipinski definition) is 2. The summed E-state index contributed by atoms with van der Waals surface area (Å²) in [5, 5.41) is 18.0. The van der Waals surface area contributed by atoms with E-state index in [-0.39, 0.29) is 35.5 Å². The summed E-state index contributed by atoms with van der Waals surface area (Å²) in [6.45, 7) is 1.00. The second-order valence-electron chi connectivity index (χ2n) is 9.48.